The maximum atomic E-state index is 11.4. The number of ether oxygens (including phenoxy) is 1. The molecule has 1 N–H and O–H groups in total. The van der Waals surface area contributed by atoms with E-state index in [0.29, 0.717) is 11.8 Å². The fraction of sp³-hybridized carbons (Fsp3) is 0.588. The Bertz CT molecular complexity index is 419. The predicted molar refractivity (Wildman–Crippen MR) is 78.7 cm³/mol. The van der Waals surface area contributed by atoms with E-state index in [1.54, 1.807) is 0 Å². The van der Waals surface area contributed by atoms with Crippen LogP contribution in [-0.2, 0) is 9.53 Å². The molecule has 0 bridgehead atoms. The Balaban J connectivity index is 1.94. The highest BCUT2D eigenvalue weighted by Gasteiger charge is 2.27. The minimum absolute atomic E-state index is 0.208. The van der Waals surface area contributed by atoms with Gasteiger partial charge in [-0.05, 0) is 36.7 Å². The van der Waals surface area contributed by atoms with E-state index in [2.05, 4.69) is 13.8 Å². The van der Waals surface area contributed by atoms with Gasteiger partial charge in [0.2, 0.25) is 0 Å². The average Bonchev–Trinajstić information content (AvgIpc) is 2.38. The van der Waals surface area contributed by atoms with Crippen LogP contribution < -0.4 is 0 Å². The number of hydrogen-bond donors (Lipinski definition) is 1. The molecule has 0 radical (unpaired) electrons. The zero-order valence-electron chi connectivity index (χ0n) is 12.3. The molecule has 110 valence electrons. The van der Waals surface area contributed by atoms with Crippen LogP contribution in [0.5, 0.6) is 0 Å². The molecule has 1 aliphatic rings. The minimum atomic E-state index is -0.812. The lowest BCUT2D eigenvalue weighted by Gasteiger charge is -2.32. The summed E-state index contributed by atoms with van der Waals surface area (Å²) >= 11 is 0. The Morgan fingerprint density at radius 3 is 2.35 bits per heavy atom. The highest BCUT2D eigenvalue weighted by Crippen LogP contribution is 2.31. The highest BCUT2D eigenvalue weighted by atomic mass is 16.5. The highest BCUT2D eigenvalue weighted by molar-refractivity contribution is 5.76. The van der Waals surface area contributed by atoms with Gasteiger partial charge in [0.25, 0.3) is 0 Å². The molecule has 0 aromatic heterocycles. The zero-order chi connectivity index (χ0) is 14.5. The Morgan fingerprint density at radius 1 is 1.20 bits per heavy atom. The Labute approximate surface area is 121 Å². The Kier molecular flexibility index (Phi) is 5.18. The fourth-order valence-electron chi connectivity index (χ4n) is 3.24. The molecule has 1 aromatic carbocycles. The lowest BCUT2D eigenvalue weighted by molar-refractivity contribution is -0.141. The zero-order valence-corrected chi connectivity index (χ0v) is 12.3. The van der Waals surface area contributed by atoms with Crippen LogP contribution in [0.4, 0.5) is 0 Å². The fourth-order valence-corrected chi connectivity index (χ4v) is 3.24. The molecule has 1 fully saturated rings. The first kappa shape index (κ1) is 15.0. The molecule has 0 aliphatic heterocycles. The first-order valence-corrected chi connectivity index (χ1v) is 7.45. The van der Waals surface area contributed by atoms with Gasteiger partial charge in [-0.25, -0.2) is 0 Å². The summed E-state index contributed by atoms with van der Waals surface area (Å²) in [6, 6.07) is 9.35. The average molecular weight is 276 g/mol. The van der Waals surface area contributed by atoms with Crippen molar-refractivity contribution >= 4 is 5.97 Å². The number of hydrogen-bond acceptors (Lipinski definition) is 2. The number of rotatable bonds is 5. The molecule has 0 heterocycles. The summed E-state index contributed by atoms with van der Waals surface area (Å²) in [6.45, 7) is 4.76. The van der Waals surface area contributed by atoms with Gasteiger partial charge in [0.05, 0.1) is 12.7 Å². The minimum Gasteiger partial charge on any atom is -0.481 e. The standard InChI is InChI=1S/C17H24O3/c1-12-8-13(2)10-15(9-12)20-11-16(17(18)19)14-6-4-3-5-7-14/h3-7,12-13,15-16H,8-11H2,1-2H3,(H,18,19). The van der Waals surface area contributed by atoms with Crippen LogP contribution in [0, 0.1) is 11.8 Å². The van der Waals surface area contributed by atoms with Crippen molar-refractivity contribution in [3.63, 3.8) is 0 Å². The molecular formula is C17H24O3. The van der Waals surface area contributed by atoms with Crippen molar-refractivity contribution < 1.29 is 14.6 Å². The van der Waals surface area contributed by atoms with Crippen molar-refractivity contribution in [1.29, 1.82) is 0 Å². The third-order valence-corrected chi connectivity index (χ3v) is 4.13. The van der Waals surface area contributed by atoms with E-state index in [-0.39, 0.29) is 12.7 Å². The smallest absolute Gasteiger partial charge is 0.313 e. The second-order valence-corrected chi connectivity index (χ2v) is 6.17. The molecule has 3 heteroatoms. The molecule has 1 saturated carbocycles. The Morgan fingerprint density at radius 2 is 1.80 bits per heavy atom. The van der Waals surface area contributed by atoms with Crippen LogP contribution in [-0.4, -0.2) is 23.8 Å². The van der Waals surface area contributed by atoms with Gasteiger partial charge in [0.15, 0.2) is 0 Å². The van der Waals surface area contributed by atoms with Crippen molar-refractivity contribution in [3.05, 3.63) is 35.9 Å². The molecule has 3 nitrogen and oxygen atoms in total. The van der Waals surface area contributed by atoms with Crippen molar-refractivity contribution in [2.24, 2.45) is 11.8 Å². The molecule has 2 rings (SSSR count). The van der Waals surface area contributed by atoms with Crippen LogP contribution >= 0.6 is 0 Å². The van der Waals surface area contributed by atoms with E-state index in [1.165, 1.54) is 6.42 Å². The number of carboxylic acids is 1. The van der Waals surface area contributed by atoms with Gasteiger partial charge in [-0.1, -0.05) is 44.2 Å². The number of benzene rings is 1. The van der Waals surface area contributed by atoms with Crippen LogP contribution in [0.1, 0.15) is 44.6 Å². The summed E-state index contributed by atoms with van der Waals surface area (Å²) in [7, 11) is 0. The molecule has 0 spiro atoms. The third kappa shape index (κ3) is 4.07. The normalized spacial score (nSPS) is 28.0. The van der Waals surface area contributed by atoms with Gasteiger partial charge in [-0.2, -0.15) is 0 Å². The van der Waals surface area contributed by atoms with E-state index in [4.69, 9.17) is 4.74 Å². The van der Waals surface area contributed by atoms with Crippen molar-refractivity contribution in [1.82, 2.24) is 0 Å². The van der Waals surface area contributed by atoms with E-state index in [9.17, 15) is 9.90 Å². The monoisotopic (exact) mass is 276 g/mol. The lowest BCUT2D eigenvalue weighted by Crippen LogP contribution is -2.29. The first-order chi connectivity index (χ1) is 9.56. The molecular weight excluding hydrogens is 252 g/mol. The summed E-state index contributed by atoms with van der Waals surface area (Å²) in [4.78, 5) is 11.4. The molecule has 0 saturated heterocycles. The van der Waals surface area contributed by atoms with E-state index in [1.807, 2.05) is 30.3 Å². The molecule has 1 aliphatic carbocycles. The quantitative estimate of drug-likeness (QED) is 0.892. The number of carbonyl (C=O) groups is 1. The second-order valence-electron chi connectivity index (χ2n) is 6.17. The molecule has 3 atom stereocenters. The van der Waals surface area contributed by atoms with Gasteiger partial charge in [0, 0.05) is 0 Å². The van der Waals surface area contributed by atoms with Gasteiger partial charge in [-0.3, -0.25) is 4.79 Å². The second kappa shape index (κ2) is 6.89. The largest absolute Gasteiger partial charge is 0.481 e. The maximum absolute atomic E-state index is 11.4. The van der Waals surface area contributed by atoms with Gasteiger partial charge in [-0.15, -0.1) is 0 Å². The molecule has 20 heavy (non-hydrogen) atoms. The number of carboxylic acid groups (broad SMARTS) is 1. The summed E-state index contributed by atoms with van der Waals surface area (Å²) in [5.41, 5.74) is 0.817. The van der Waals surface area contributed by atoms with E-state index in [0.717, 1.165) is 18.4 Å². The topological polar surface area (TPSA) is 46.5 Å². The SMILES string of the molecule is CC1CC(C)CC(OCC(C(=O)O)c2ccccc2)C1. The van der Waals surface area contributed by atoms with Gasteiger partial charge < -0.3 is 9.84 Å². The maximum Gasteiger partial charge on any atom is 0.313 e. The summed E-state index contributed by atoms with van der Waals surface area (Å²) in [5.74, 6) is -0.0376. The van der Waals surface area contributed by atoms with Gasteiger partial charge >= 0.3 is 5.97 Å². The van der Waals surface area contributed by atoms with Crippen LogP contribution in [0.3, 0.4) is 0 Å². The van der Waals surface area contributed by atoms with Crippen molar-refractivity contribution in [2.45, 2.75) is 45.1 Å². The lowest BCUT2D eigenvalue weighted by atomic mass is 9.82. The summed E-state index contributed by atoms with van der Waals surface area (Å²) < 4.78 is 5.92. The van der Waals surface area contributed by atoms with Crippen LogP contribution in [0.15, 0.2) is 30.3 Å². The molecule has 0 amide bonds. The summed E-state index contributed by atoms with van der Waals surface area (Å²) in [6.07, 6.45) is 3.55. The first-order valence-electron chi connectivity index (χ1n) is 7.45. The van der Waals surface area contributed by atoms with Gasteiger partial charge in [0.1, 0.15) is 5.92 Å². The number of aliphatic carboxylic acids is 1. The van der Waals surface area contributed by atoms with E-state index < -0.39 is 11.9 Å². The van der Waals surface area contributed by atoms with Crippen LogP contribution in [0.2, 0.25) is 0 Å². The molecule has 1 aromatic rings. The van der Waals surface area contributed by atoms with Crippen LogP contribution in [0.25, 0.3) is 0 Å². The Hall–Kier alpha value is -1.35. The van der Waals surface area contributed by atoms with E-state index >= 15 is 0 Å². The predicted octanol–water partition coefficient (Wildman–Crippen LogP) is 3.70. The van der Waals surface area contributed by atoms with Crippen molar-refractivity contribution in [3.8, 4) is 0 Å². The third-order valence-electron chi connectivity index (χ3n) is 4.13. The van der Waals surface area contributed by atoms with Crippen molar-refractivity contribution in [2.75, 3.05) is 6.61 Å². The summed E-state index contributed by atoms with van der Waals surface area (Å²) in [5, 5.41) is 9.38. The molecule has 3 unspecified atom stereocenters.